The fourth-order valence-corrected chi connectivity index (χ4v) is 2.51. The van der Waals surface area contributed by atoms with Crippen molar-refractivity contribution in [2.45, 2.75) is 65.7 Å². The van der Waals surface area contributed by atoms with Crippen LogP contribution in [0.5, 0.6) is 0 Å². The third-order valence-corrected chi connectivity index (χ3v) is 4.11. The highest BCUT2D eigenvalue weighted by Gasteiger charge is 1.99. The molecule has 0 aliphatic heterocycles. The van der Waals surface area contributed by atoms with Crippen LogP contribution in [0.1, 0.15) is 63.5 Å². The van der Waals surface area contributed by atoms with Crippen molar-refractivity contribution in [3.63, 3.8) is 0 Å². The Bertz CT molecular complexity index is 435. The number of aryl methyl sites for hydroxylation is 2. The Morgan fingerprint density at radius 1 is 0.909 bits per heavy atom. The fourth-order valence-electron chi connectivity index (χ4n) is 2.51. The van der Waals surface area contributed by atoms with Crippen LogP contribution < -0.4 is 0 Å². The van der Waals surface area contributed by atoms with Crippen molar-refractivity contribution in [1.29, 1.82) is 0 Å². The molecule has 1 aromatic carbocycles. The van der Waals surface area contributed by atoms with Crippen LogP contribution in [-0.4, -0.2) is 24.5 Å². The molecule has 0 unspecified atom stereocenters. The molecule has 1 heteroatoms. The zero-order chi connectivity index (χ0) is 16.0. The molecular formula is C21H33N. The molecule has 1 rings (SSSR count). The van der Waals surface area contributed by atoms with Crippen LogP contribution >= 0.6 is 0 Å². The molecule has 0 saturated carbocycles. The van der Waals surface area contributed by atoms with E-state index in [-0.39, 0.29) is 0 Å². The monoisotopic (exact) mass is 299 g/mol. The SMILES string of the molecule is CCCCCCCN(CC)CC#CCCc1ccc(C)cc1. The molecule has 0 aliphatic rings. The lowest BCUT2D eigenvalue weighted by molar-refractivity contribution is 0.314. The summed E-state index contributed by atoms with van der Waals surface area (Å²) < 4.78 is 0. The number of rotatable bonds is 10. The lowest BCUT2D eigenvalue weighted by Crippen LogP contribution is -2.24. The Balaban J connectivity index is 2.16. The van der Waals surface area contributed by atoms with Crippen molar-refractivity contribution in [3.05, 3.63) is 35.4 Å². The van der Waals surface area contributed by atoms with Gasteiger partial charge in [0.15, 0.2) is 0 Å². The summed E-state index contributed by atoms with van der Waals surface area (Å²) in [5.74, 6) is 6.68. The normalized spacial score (nSPS) is 10.5. The Morgan fingerprint density at radius 2 is 1.64 bits per heavy atom. The second-order valence-electron chi connectivity index (χ2n) is 6.12. The maximum absolute atomic E-state index is 3.35. The first kappa shape index (κ1) is 18.8. The zero-order valence-corrected chi connectivity index (χ0v) is 14.8. The molecule has 0 saturated heterocycles. The van der Waals surface area contributed by atoms with Crippen molar-refractivity contribution in [3.8, 4) is 11.8 Å². The van der Waals surface area contributed by atoms with Gasteiger partial charge in [0.1, 0.15) is 0 Å². The molecule has 22 heavy (non-hydrogen) atoms. The molecule has 0 heterocycles. The minimum absolute atomic E-state index is 0.929. The van der Waals surface area contributed by atoms with E-state index < -0.39 is 0 Å². The average Bonchev–Trinajstić information content (AvgIpc) is 2.54. The van der Waals surface area contributed by atoms with Crippen molar-refractivity contribution < 1.29 is 0 Å². The Morgan fingerprint density at radius 3 is 2.32 bits per heavy atom. The van der Waals surface area contributed by atoms with E-state index in [0.29, 0.717) is 0 Å². The first-order valence-corrected chi connectivity index (χ1v) is 8.99. The smallest absolute Gasteiger partial charge is 0.0601 e. The summed E-state index contributed by atoms with van der Waals surface area (Å²) in [7, 11) is 0. The molecule has 0 atom stereocenters. The Labute approximate surface area is 138 Å². The van der Waals surface area contributed by atoms with E-state index in [1.807, 2.05) is 0 Å². The molecule has 1 nitrogen and oxygen atoms in total. The average molecular weight is 300 g/mol. The lowest BCUT2D eigenvalue weighted by Gasteiger charge is -2.16. The predicted octanol–water partition coefficient (Wildman–Crippen LogP) is 5.22. The van der Waals surface area contributed by atoms with Gasteiger partial charge in [-0.1, -0.05) is 75.3 Å². The van der Waals surface area contributed by atoms with E-state index in [4.69, 9.17) is 0 Å². The van der Waals surface area contributed by atoms with Gasteiger partial charge >= 0.3 is 0 Å². The molecule has 0 spiro atoms. The molecule has 0 radical (unpaired) electrons. The maximum atomic E-state index is 3.35. The molecule has 0 bridgehead atoms. The van der Waals surface area contributed by atoms with E-state index in [9.17, 15) is 0 Å². The van der Waals surface area contributed by atoms with Crippen LogP contribution in [0.2, 0.25) is 0 Å². The van der Waals surface area contributed by atoms with Crippen LogP contribution in [-0.2, 0) is 6.42 Å². The number of unbranched alkanes of at least 4 members (excludes halogenated alkanes) is 4. The first-order valence-electron chi connectivity index (χ1n) is 8.99. The Kier molecular flexibility index (Phi) is 10.5. The van der Waals surface area contributed by atoms with Gasteiger partial charge in [-0.25, -0.2) is 0 Å². The van der Waals surface area contributed by atoms with Gasteiger partial charge < -0.3 is 0 Å². The topological polar surface area (TPSA) is 3.24 Å². The van der Waals surface area contributed by atoms with Crippen LogP contribution in [0.3, 0.4) is 0 Å². The summed E-state index contributed by atoms with van der Waals surface area (Å²) >= 11 is 0. The van der Waals surface area contributed by atoms with E-state index in [1.165, 1.54) is 49.8 Å². The third-order valence-electron chi connectivity index (χ3n) is 4.11. The van der Waals surface area contributed by atoms with Crippen LogP contribution in [0.15, 0.2) is 24.3 Å². The third kappa shape index (κ3) is 8.90. The van der Waals surface area contributed by atoms with Gasteiger partial charge in [0, 0.05) is 6.42 Å². The van der Waals surface area contributed by atoms with E-state index >= 15 is 0 Å². The number of nitrogens with zero attached hydrogens (tertiary/aromatic N) is 1. The Hall–Kier alpha value is -1.26. The standard InChI is InChI=1S/C21H33N/c1-4-6-7-8-11-18-22(5-2)19-12-9-10-13-21-16-14-20(3)15-17-21/h14-17H,4-8,10-11,13,18-19H2,1-3H3. The van der Waals surface area contributed by atoms with Gasteiger partial charge in [-0.2, -0.15) is 0 Å². The molecule has 0 aliphatic carbocycles. The molecule has 122 valence electrons. The second kappa shape index (κ2) is 12.3. The van der Waals surface area contributed by atoms with Crippen LogP contribution in [0.25, 0.3) is 0 Å². The summed E-state index contributed by atoms with van der Waals surface area (Å²) in [4.78, 5) is 2.46. The van der Waals surface area contributed by atoms with Gasteiger partial charge in [-0.15, -0.1) is 5.92 Å². The molecule has 0 amide bonds. The second-order valence-corrected chi connectivity index (χ2v) is 6.12. The maximum Gasteiger partial charge on any atom is 0.0601 e. The van der Waals surface area contributed by atoms with Gasteiger partial charge in [-0.3, -0.25) is 4.90 Å². The summed E-state index contributed by atoms with van der Waals surface area (Å²) in [5, 5.41) is 0. The lowest BCUT2D eigenvalue weighted by atomic mass is 10.1. The minimum atomic E-state index is 0.929. The van der Waals surface area contributed by atoms with Crippen molar-refractivity contribution >= 4 is 0 Å². The molecule has 1 aromatic rings. The van der Waals surface area contributed by atoms with Gasteiger partial charge in [0.25, 0.3) is 0 Å². The van der Waals surface area contributed by atoms with Crippen molar-refractivity contribution in [2.24, 2.45) is 0 Å². The molecule has 0 aromatic heterocycles. The van der Waals surface area contributed by atoms with Gasteiger partial charge in [-0.05, 0) is 38.4 Å². The summed E-state index contributed by atoms with van der Waals surface area (Å²) in [6.45, 7) is 9.88. The molecular weight excluding hydrogens is 266 g/mol. The van der Waals surface area contributed by atoms with E-state index in [2.05, 4.69) is 61.8 Å². The minimum Gasteiger partial charge on any atom is -0.293 e. The number of benzene rings is 1. The number of hydrogen-bond donors (Lipinski definition) is 0. The zero-order valence-electron chi connectivity index (χ0n) is 14.8. The highest BCUT2D eigenvalue weighted by atomic mass is 15.1. The van der Waals surface area contributed by atoms with Crippen LogP contribution in [0.4, 0.5) is 0 Å². The van der Waals surface area contributed by atoms with Crippen molar-refractivity contribution in [1.82, 2.24) is 4.90 Å². The van der Waals surface area contributed by atoms with E-state index in [0.717, 1.165) is 25.9 Å². The highest BCUT2D eigenvalue weighted by Crippen LogP contribution is 2.05. The summed E-state index contributed by atoms with van der Waals surface area (Å²) in [6, 6.07) is 8.79. The molecule has 0 N–H and O–H groups in total. The number of hydrogen-bond acceptors (Lipinski definition) is 1. The summed E-state index contributed by atoms with van der Waals surface area (Å²) in [6.07, 6.45) is 8.81. The van der Waals surface area contributed by atoms with Crippen molar-refractivity contribution in [2.75, 3.05) is 19.6 Å². The van der Waals surface area contributed by atoms with Crippen LogP contribution in [0, 0.1) is 18.8 Å². The van der Waals surface area contributed by atoms with Gasteiger partial charge in [0.05, 0.1) is 6.54 Å². The largest absolute Gasteiger partial charge is 0.293 e. The molecule has 0 fully saturated rings. The van der Waals surface area contributed by atoms with Gasteiger partial charge in [0.2, 0.25) is 0 Å². The fraction of sp³-hybridized carbons (Fsp3) is 0.619. The highest BCUT2D eigenvalue weighted by molar-refractivity contribution is 5.22. The summed E-state index contributed by atoms with van der Waals surface area (Å²) in [5.41, 5.74) is 2.72. The quantitative estimate of drug-likeness (QED) is 0.423. The first-order chi connectivity index (χ1) is 10.8. The van der Waals surface area contributed by atoms with E-state index in [1.54, 1.807) is 0 Å². The predicted molar refractivity (Wildman–Crippen MR) is 98.1 cm³/mol.